The summed E-state index contributed by atoms with van der Waals surface area (Å²) in [4.78, 5) is 30.1. The smallest absolute Gasteiger partial charge is 0.240 e. The van der Waals surface area contributed by atoms with Crippen LogP contribution in [0, 0.1) is 6.92 Å². The number of hydrogen-bond donors (Lipinski definition) is 1. The van der Waals surface area contributed by atoms with Gasteiger partial charge in [-0.2, -0.15) is 0 Å². The molecule has 0 bridgehead atoms. The van der Waals surface area contributed by atoms with E-state index in [0.717, 1.165) is 31.5 Å². The van der Waals surface area contributed by atoms with Gasteiger partial charge in [-0.05, 0) is 55.0 Å². The van der Waals surface area contributed by atoms with Crippen LogP contribution in [-0.4, -0.2) is 54.4 Å². The third-order valence-corrected chi connectivity index (χ3v) is 6.02. The molecule has 158 valence electrons. The lowest BCUT2D eigenvalue weighted by molar-refractivity contribution is -0.137. The highest BCUT2D eigenvalue weighted by Gasteiger charge is 2.35. The fraction of sp³-hybridized carbons (Fsp3) is 0.417. The number of amides is 2. The van der Waals surface area contributed by atoms with Crippen molar-refractivity contribution in [1.82, 2.24) is 9.80 Å². The van der Waals surface area contributed by atoms with Crippen LogP contribution in [0.2, 0.25) is 0 Å². The van der Waals surface area contributed by atoms with Crippen molar-refractivity contribution < 1.29 is 14.3 Å². The summed E-state index contributed by atoms with van der Waals surface area (Å²) in [6, 6.07) is 13.6. The third kappa shape index (κ3) is 4.33. The Labute approximate surface area is 177 Å². The number of carbonyl (C=O) groups excluding carboxylic acids is 2. The van der Waals surface area contributed by atoms with Crippen molar-refractivity contribution in [3.05, 3.63) is 59.2 Å². The lowest BCUT2D eigenvalue weighted by atomic mass is 9.93. The van der Waals surface area contributed by atoms with E-state index in [0.29, 0.717) is 24.4 Å². The number of nitrogens with one attached hydrogen (secondary N) is 1. The summed E-state index contributed by atoms with van der Waals surface area (Å²) in [6.07, 6.45) is 2.76. The van der Waals surface area contributed by atoms with Gasteiger partial charge in [-0.25, -0.2) is 0 Å². The van der Waals surface area contributed by atoms with Gasteiger partial charge in [-0.15, -0.1) is 0 Å². The highest BCUT2D eigenvalue weighted by atomic mass is 16.5. The van der Waals surface area contributed by atoms with Gasteiger partial charge in [0.25, 0.3) is 0 Å². The second-order valence-corrected chi connectivity index (χ2v) is 8.18. The first kappa shape index (κ1) is 20.4. The van der Waals surface area contributed by atoms with Crippen LogP contribution >= 0.6 is 0 Å². The molecule has 1 fully saturated rings. The van der Waals surface area contributed by atoms with Crippen molar-refractivity contribution in [2.75, 3.05) is 32.1 Å². The summed E-state index contributed by atoms with van der Waals surface area (Å²) in [5.74, 6) is 0.628. The molecule has 30 heavy (non-hydrogen) atoms. The molecule has 0 saturated carbocycles. The highest BCUT2D eigenvalue weighted by molar-refractivity contribution is 5.94. The maximum absolute atomic E-state index is 13.2. The number of ether oxygens (including phenoxy) is 1. The molecule has 0 spiro atoms. The Kier molecular flexibility index (Phi) is 6.04. The molecule has 0 aliphatic carbocycles. The fourth-order valence-corrected chi connectivity index (χ4v) is 4.43. The van der Waals surface area contributed by atoms with Crippen molar-refractivity contribution in [2.24, 2.45) is 0 Å². The van der Waals surface area contributed by atoms with Gasteiger partial charge in [-0.1, -0.05) is 30.3 Å². The molecular weight excluding hydrogens is 378 g/mol. The standard InChI is InChI=1S/C24H29N3O3/c1-17-9-10-22(30-2)20(13-17)25-23(28)16-27-15-19-8-4-3-7-18(19)14-21(27)24(29)26-11-5-6-12-26/h3-4,7-10,13,21H,5-6,11-12,14-16H2,1-2H3,(H,25,28)/t21-/m0/s1. The molecule has 1 N–H and O–H groups in total. The van der Waals surface area contributed by atoms with Crippen LogP contribution in [0.1, 0.15) is 29.5 Å². The molecule has 6 nitrogen and oxygen atoms in total. The summed E-state index contributed by atoms with van der Waals surface area (Å²) in [5, 5.41) is 2.97. The molecule has 2 aromatic rings. The van der Waals surface area contributed by atoms with Gasteiger partial charge in [0.1, 0.15) is 5.75 Å². The van der Waals surface area contributed by atoms with E-state index in [4.69, 9.17) is 4.74 Å². The van der Waals surface area contributed by atoms with Gasteiger partial charge in [0.05, 0.1) is 25.4 Å². The van der Waals surface area contributed by atoms with Crippen molar-refractivity contribution in [1.29, 1.82) is 0 Å². The lowest BCUT2D eigenvalue weighted by Gasteiger charge is -2.37. The summed E-state index contributed by atoms with van der Waals surface area (Å²) in [6.45, 7) is 4.37. The van der Waals surface area contributed by atoms with Crippen LogP contribution in [-0.2, 0) is 22.6 Å². The Bertz CT molecular complexity index is 937. The van der Waals surface area contributed by atoms with Gasteiger partial charge < -0.3 is 15.0 Å². The minimum atomic E-state index is -0.303. The number of aryl methyl sites for hydroxylation is 1. The maximum atomic E-state index is 13.2. The number of methoxy groups -OCH3 is 1. The minimum absolute atomic E-state index is 0.141. The second-order valence-electron chi connectivity index (χ2n) is 8.18. The van der Waals surface area contributed by atoms with Crippen LogP contribution < -0.4 is 10.1 Å². The Morgan fingerprint density at radius 3 is 2.57 bits per heavy atom. The topological polar surface area (TPSA) is 61.9 Å². The molecule has 2 heterocycles. The molecule has 6 heteroatoms. The van der Waals surface area contributed by atoms with E-state index in [1.165, 1.54) is 11.1 Å². The Morgan fingerprint density at radius 1 is 1.10 bits per heavy atom. The quantitative estimate of drug-likeness (QED) is 0.828. The van der Waals surface area contributed by atoms with Crippen molar-refractivity contribution in [2.45, 2.75) is 38.8 Å². The maximum Gasteiger partial charge on any atom is 0.240 e. The van der Waals surface area contributed by atoms with Gasteiger partial charge in [0.2, 0.25) is 11.8 Å². The number of nitrogens with zero attached hydrogens (tertiary/aromatic N) is 2. The third-order valence-electron chi connectivity index (χ3n) is 6.02. The molecule has 0 radical (unpaired) electrons. The van der Waals surface area contributed by atoms with Crippen LogP contribution in [0.15, 0.2) is 42.5 Å². The number of hydrogen-bond acceptors (Lipinski definition) is 4. The van der Waals surface area contributed by atoms with Gasteiger partial charge >= 0.3 is 0 Å². The van der Waals surface area contributed by atoms with Crippen molar-refractivity contribution in [3.63, 3.8) is 0 Å². The van der Waals surface area contributed by atoms with Gasteiger partial charge in [0, 0.05) is 19.6 Å². The van der Waals surface area contributed by atoms with Crippen LogP contribution in [0.3, 0.4) is 0 Å². The number of carbonyl (C=O) groups is 2. The number of fused-ring (bicyclic) bond motifs is 1. The molecule has 1 atom stereocenters. The molecule has 1 saturated heterocycles. The van der Waals surface area contributed by atoms with E-state index in [2.05, 4.69) is 17.4 Å². The predicted octanol–water partition coefficient (Wildman–Crippen LogP) is 2.99. The molecule has 2 aliphatic heterocycles. The zero-order chi connectivity index (χ0) is 21.1. The van der Waals surface area contributed by atoms with E-state index >= 15 is 0 Å². The van der Waals surface area contributed by atoms with Crippen LogP contribution in [0.25, 0.3) is 0 Å². The number of rotatable bonds is 5. The van der Waals surface area contributed by atoms with Gasteiger partial charge in [-0.3, -0.25) is 14.5 Å². The summed E-state index contributed by atoms with van der Waals surface area (Å²) in [7, 11) is 1.59. The average Bonchev–Trinajstić information content (AvgIpc) is 3.28. The largest absolute Gasteiger partial charge is 0.495 e. The molecule has 4 rings (SSSR count). The van der Waals surface area contributed by atoms with Crippen LogP contribution in [0.4, 0.5) is 5.69 Å². The molecule has 2 amide bonds. The second kappa shape index (κ2) is 8.88. The monoisotopic (exact) mass is 407 g/mol. The lowest BCUT2D eigenvalue weighted by Crippen LogP contribution is -2.52. The SMILES string of the molecule is COc1ccc(C)cc1NC(=O)CN1Cc2ccccc2C[C@H]1C(=O)N1CCCC1. The van der Waals surface area contributed by atoms with E-state index < -0.39 is 0 Å². The molecule has 2 aliphatic rings. The Balaban J connectivity index is 1.53. The zero-order valence-corrected chi connectivity index (χ0v) is 17.7. The van der Waals surface area contributed by atoms with Crippen molar-refractivity contribution in [3.8, 4) is 5.75 Å². The normalized spacial score (nSPS) is 18.7. The fourth-order valence-electron chi connectivity index (χ4n) is 4.43. The summed E-state index contributed by atoms with van der Waals surface area (Å²) in [5.41, 5.74) is 4.08. The zero-order valence-electron chi connectivity index (χ0n) is 17.7. The first-order valence-electron chi connectivity index (χ1n) is 10.6. The molecule has 2 aromatic carbocycles. The highest BCUT2D eigenvalue weighted by Crippen LogP contribution is 2.27. The minimum Gasteiger partial charge on any atom is -0.495 e. The summed E-state index contributed by atoms with van der Waals surface area (Å²) < 4.78 is 5.38. The van der Waals surface area contributed by atoms with E-state index in [1.807, 2.05) is 47.1 Å². The Hall–Kier alpha value is -2.86. The number of anilines is 1. The van der Waals surface area contributed by atoms with E-state index in [1.54, 1.807) is 7.11 Å². The van der Waals surface area contributed by atoms with E-state index in [9.17, 15) is 9.59 Å². The first-order chi connectivity index (χ1) is 14.5. The summed E-state index contributed by atoms with van der Waals surface area (Å²) >= 11 is 0. The Morgan fingerprint density at radius 2 is 1.83 bits per heavy atom. The number of benzene rings is 2. The van der Waals surface area contributed by atoms with Gasteiger partial charge in [0.15, 0.2) is 0 Å². The molecule has 0 unspecified atom stereocenters. The first-order valence-corrected chi connectivity index (χ1v) is 10.6. The van der Waals surface area contributed by atoms with E-state index in [-0.39, 0.29) is 24.4 Å². The predicted molar refractivity (Wildman–Crippen MR) is 117 cm³/mol. The molecular formula is C24H29N3O3. The van der Waals surface area contributed by atoms with Crippen molar-refractivity contribution >= 4 is 17.5 Å². The van der Waals surface area contributed by atoms with Crippen LogP contribution in [0.5, 0.6) is 5.75 Å². The molecule has 0 aromatic heterocycles. The number of likely N-dealkylation sites (tertiary alicyclic amines) is 1. The average molecular weight is 408 g/mol.